The smallest absolute Gasteiger partial charge is 0.134 e. The summed E-state index contributed by atoms with van der Waals surface area (Å²) in [5.41, 5.74) is 0. The van der Waals surface area contributed by atoms with Crippen molar-refractivity contribution in [2.24, 2.45) is 0 Å². The molecular formula is C14H27NO3. The summed E-state index contributed by atoms with van der Waals surface area (Å²) in [6.45, 7) is 3.84. The number of nitrogens with zero attached hydrogens (tertiary/aromatic N) is 1. The van der Waals surface area contributed by atoms with Crippen LogP contribution in [0.5, 0.6) is 0 Å². The third-order valence-corrected chi connectivity index (χ3v) is 4.11. The van der Waals surface area contributed by atoms with Crippen LogP contribution in [0.3, 0.4) is 0 Å². The number of carbonyl (C=O) groups excluding carboxylic acids is 1. The summed E-state index contributed by atoms with van der Waals surface area (Å²) in [5, 5.41) is 19.7. The molecule has 0 radical (unpaired) electrons. The zero-order valence-corrected chi connectivity index (χ0v) is 11.8. The number of carbonyl (C=O) groups is 1. The summed E-state index contributed by atoms with van der Waals surface area (Å²) in [4.78, 5) is 13.7. The first-order valence-corrected chi connectivity index (χ1v) is 7.07. The van der Waals surface area contributed by atoms with E-state index in [-0.39, 0.29) is 30.1 Å². The summed E-state index contributed by atoms with van der Waals surface area (Å²) < 4.78 is 0. The fraction of sp³-hybridized carbons (Fsp3) is 0.929. The molecule has 1 saturated heterocycles. The Hall–Kier alpha value is -0.450. The number of Topliss-reactive ketones (excluding diaryl/α,β-unsaturated/α-hetero) is 1. The van der Waals surface area contributed by atoms with Gasteiger partial charge in [-0.05, 0) is 32.7 Å². The van der Waals surface area contributed by atoms with Crippen molar-refractivity contribution >= 4 is 5.78 Å². The van der Waals surface area contributed by atoms with Crippen LogP contribution in [-0.4, -0.2) is 52.2 Å². The monoisotopic (exact) mass is 257 g/mol. The number of hydrogen-bond acceptors (Lipinski definition) is 4. The van der Waals surface area contributed by atoms with Gasteiger partial charge in [0.1, 0.15) is 5.78 Å². The molecule has 1 heterocycles. The van der Waals surface area contributed by atoms with Crippen molar-refractivity contribution < 1.29 is 15.0 Å². The van der Waals surface area contributed by atoms with Gasteiger partial charge in [0, 0.05) is 24.9 Å². The van der Waals surface area contributed by atoms with Gasteiger partial charge in [-0.1, -0.05) is 13.8 Å². The summed E-state index contributed by atoms with van der Waals surface area (Å²) in [5.74, 6) is 0.246. The molecule has 1 aliphatic heterocycles. The van der Waals surface area contributed by atoms with Crippen LogP contribution in [0.15, 0.2) is 0 Å². The quantitative estimate of drug-likeness (QED) is 0.754. The molecule has 1 aliphatic rings. The lowest BCUT2D eigenvalue weighted by Gasteiger charge is -2.42. The highest BCUT2D eigenvalue weighted by molar-refractivity contribution is 5.78. The van der Waals surface area contributed by atoms with Crippen molar-refractivity contribution in [3.05, 3.63) is 0 Å². The highest BCUT2D eigenvalue weighted by atomic mass is 16.3. The maximum atomic E-state index is 11.6. The molecule has 4 atom stereocenters. The van der Waals surface area contributed by atoms with Crippen molar-refractivity contribution in [1.82, 2.24) is 4.90 Å². The van der Waals surface area contributed by atoms with Crippen LogP contribution in [0.25, 0.3) is 0 Å². The molecule has 0 bridgehead atoms. The molecule has 18 heavy (non-hydrogen) atoms. The Kier molecular flexibility index (Phi) is 6.26. The van der Waals surface area contributed by atoms with Gasteiger partial charge in [-0.2, -0.15) is 0 Å². The molecule has 0 aromatic carbocycles. The lowest BCUT2D eigenvalue weighted by Crippen LogP contribution is -2.50. The number of rotatable bonds is 6. The van der Waals surface area contributed by atoms with Gasteiger partial charge in [0.25, 0.3) is 0 Å². The first-order chi connectivity index (χ1) is 8.47. The molecule has 0 aliphatic carbocycles. The van der Waals surface area contributed by atoms with E-state index >= 15 is 0 Å². The highest BCUT2D eigenvalue weighted by Gasteiger charge is 2.33. The summed E-state index contributed by atoms with van der Waals surface area (Å²) >= 11 is 0. The van der Waals surface area contributed by atoms with Crippen molar-refractivity contribution in [2.75, 3.05) is 7.05 Å². The molecule has 0 aromatic rings. The Morgan fingerprint density at radius 1 is 1.33 bits per heavy atom. The van der Waals surface area contributed by atoms with Gasteiger partial charge < -0.3 is 10.2 Å². The standard InChI is InChI=1S/C14H27NO3/c1-4-12(16)6-10-8-14(18)9-11(15(10)3)7-13(17)5-2/h10-12,14,16,18H,4-9H2,1-3H3/t10-,11+,12+,14+/m1/s1. The van der Waals surface area contributed by atoms with Crippen molar-refractivity contribution in [1.29, 1.82) is 0 Å². The van der Waals surface area contributed by atoms with Crippen LogP contribution in [0.1, 0.15) is 52.4 Å². The van der Waals surface area contributed by atoms with Crippen LogP contribution in [0.2, 0.25) is 0 Å². The largest absolute Gasteiger partial charge is 0.393 e. The molecule has 1 fully saturated rings. The Morgan fingerprint density at radius 2 is 1.94 bits per heavy atom. The number of ketones is 1. The average molecular weight is 257 g/mol. The van der Waals surface area contributed by atoms with Crippen molar-refractivity contribution in [3.8, 4) is 0 Å². The van der Waals surface area contributed by atoms with Crippen molar-refractivity contribution in [2.45, 2.75) is 76.7 Å². The second-order valence-electron chi connectivity index (χ2n) is 5.49. The number of aliphatic hydroxyl groups is 2. The van der Waals surface area contributed by atoms with Gasteiger partial charge >= 0.3 is 0 Å². The van der Waals surface area contributed by atoms with E-state index in [2.05, 4.69) is 4.90 Å². The molecule has 0 spiro atoms. The molecule has 0 saturated carbocycles. The van der Waals surface area contributed by atoms with E-state index < -0.39 is 0 Å². The van der Waals surface area contributed by atoms with Crippen LogP contribution in [0.4, 0.5) is 0 Å². The molecule has 0 amide bonds. The average Bonchev–Trinajstić information content (AvgIpc) is 2.34. The number of likely N-dealkylation sites (tertiary alicyclic amines) is 1. The fourth-order valence-electron chi connectivity index (χ4n) is 2.73. The molecule has 106 valence electrons. The van der Waals surface area contributed by atoms with Crippen molar-refractivity contribution in [3.63, 3.8) is 0 Å². The van der Waals surface area contributed by atoms with Gasteiger partial charge in [-0.15, -0.1) is 0 Å². The predicted molar refractivity (Wildman–Crippen MR) is 71.4 cm³/mol. The van der Waals surface area contributed by atoms with Gasteiger partial charge in [-0.25, -0.2) is 0 Å². The minimum absolute atomic E-state index is 0.121. The SMILES string of the molecule is CCC(=O)C[C@H]1C[C@@H](O)C[C@@H](C[C@@H](O)CC)N1C. The number of piperidine rings is 1. The van der Waals surface area contributed by atoms with E-state index in [9.17, 15) is 15.0 Å². The van der Waals surface area contributed by atoms with E-state index in [4.69, 9.17) is 0 Å². The molecule has 0 aromatic heterocycles. The molecule has 4 heteroatoms. The van der Waals surface area contributed by atoms with Gasteiger partial charge in [-0.3, -0.25) is 9.69 Å². The minimum Gasteiger partial charge on any atom is -0.393 e. The van der Waals surface area contributed by atoms with Crippen LogP contribution < -0.4 is 0 Å². The maximum Gasteiger partial charge on any atom is 0.134 e. The first kappa shape index (κ1) is 15.6. The Balaban J connectivity index is 2.61. The fourth-order valence-corrected chi connectivity index (χ4v) is 2.73. The lowest BCUT2D eigenvalue weighted by molar-refractivity contribution is -0.121. The second kappa shape index (κ2) is 7.22. The molecule has 0 unspecified atom stereocenters. The maximum absolute atomic E-state index is 11.6. The third kappa shape index (κ3) is 4.34. The Labute approximate surface area is 110 Å². The Bertz CT molecular complexity index is 270. The Morgan fingerprint density at radius 3 is 2.50 bits per heavy atom. The zero-order valence-electron chi connectivity index (χ0n) is 11.8. The molecule has 2 N–H and O–H groups in total. The summed E-state index contributed by atoms with van der Waals surface area (Å²) in [7, 11) is 2.01. The summed E-state index contributed by atoms with van der Waals surface area (Å²) in [6.07, 6.45) is 3.20. The number of aliphatic hydroxyl groups excluding tert-OH is 2. The van der Waals surface area contributed by atoms with Crippen LogP contribution >= 0.6 is 0 Å². The summed E-state index contributed by atoms with van der Waals surface area (Å²) in [6, 6.07) is 0.300. The number of hydrogen-bond donors (Lipinski definition) is 2. The van der Waals surface area contributed by atoms with Gasteiger partial charge in [0.2, 0.25) is 0 Å². The second-order valence-corrected chi connectivity index (χ2v) is 5.49. The van der Waals surface area contributed by atoms with E-state index in [1.165, 1.54) is 0 Å². The molecule has 1 rings (SSSR count). The zero-order chi connectivity index (χ0) is 13.7. The minimum atomic E-state index is -0.343. The topological polar surface area (TPSA) is 60.8 Å². The van der Waals surface area contributed by atoms with E-state index in [0.29, 0.717) is 32.1 Å². The van der Waals surface area contributed by atoms with E-state index in [1.807, 2.05) is 20.9 Å². The van der Waals surface area contributed by atoms with Gasteiger partial charge in [0.05, 0.1) is 12.2 Å². The molecular weight excluding hydrogens is 230 g/mol. The molecule has 4 nitrogen and oxygen atoms in total. The highest BCUT2D eigenvalue weighted by Crippen LogP contribution is 2.27. The van der Waals surface area contributed by atoms with Crippen LogP contribution in [-0.2, 0) is 4.79 Å². The van der Waals surface area contributed by atoms with E-state index in [0.717, 1.165) is 6.42 Å². The normalized spacial score (nSPS) is 31.3. The lowest BCUT2D eigenvalue weighted by atomic mass is 9.88. The van der Waals surface area contributed by atoms with E-state index in [1.54, 1.807) is 0 Å². The van der Waals surface area contributed by atoms with Crippen LogP contribution in [0, 0.1) is 0 Å². The predicted octanol–water partition coefficient (Wildman–Crippen LogP) is 1.34. The van der Waals surface area contributed by atoms with Gasteiger partial charge in [0.15, 0.2) is 0 Å². The third-order valence-electron chi connectivity index (χ3n) is 4.11. The first-order valence-electron chi connectivity index (χ1n) is 7.07.